The smallest absolute Gasteiger partial charge is 0.437 e. The predicted molar refractivity (Wildman–Crippen MR) is 195 cm³/mol. The number of phenols is 2. The van der Waals surface area contributed by atoms with Crippen LogP contribution in [0.15, 0.2) is 69.3 Å². The molecule has 298 valence electrons. The van der Waals surface area contributed by atoms with Crippen molar-refractivity contribution in [2.45, 2.75) is 109 Å². The molecule has 55 heavy (non-hydrogen) atoms. The molecule has 3 aliphatic rings. The number of carbonyl (C=O) groups is 2. The van der Waals surface area contributed by atoms with Gasteiger partial charge in [-0.05, 0) is 125 Å². The highest BCUT2D eigenvalue weighted by Crippen LogP contribution is 2.52. The van der Waals surface area contributed by atoms with Gasteiger partial charge in [-0.15, -0.1) is 0 Å². The fourth-order valence-corrected chi connectivity index (χ4v) is 7.77. The van der Waals surface area contributed by atoms with Gasteiger partial charge < -0.3 is 15.5 Å². The summed E-state index contributed by atoms with van der Waals surface area (Å²) in [7, 11) is 0. The maximum atomic E-state index is 14.9. The predicted octanol–water partition coefficient (Wildman–Crippen LogP) is 9.61. The van der Waals surface area contributed by atoms with Crippen molar-refractivity contribution >= 4 is 24.1 Å². The number of halogens is 7. The topological polar surface area (TPSA) is 111 Å². The van der Waals surface area contributed by atoms with Crippen LogP contribution in [0, 0.1) is 24.7 Å². The molecule has 2 aromatic carbocycles. The van der Waals surface area contributed by atoms with Gasteiger partial charge in [0.2, 0.25) is 0 Å². The SMILES string of the molecule is C=NC(=C(C)CC(CC)CCC1=NCC(c2ccccc2O)C(C(=O)C2CCC2Cc2c(C)cc(O)cc2C(=O)NC2CC2)=C1)C(F)(C(F)(F)F)C(F)(F)F. The third-order valence-electron chi connectivity index (χ3n) is 11.3. The van der Waals surface area contributed by atoms with E-state index in [0.717, 1.165) is 37.3 Å². The summed E-state index contributed by atoms with van der Waals surface area (Å²) < 4.78 is 96.1. The first kappa shape index (κ1) is 41.7. The van der Waals surface area contributed by atoms with E-state index in [1.54, 1.807) is 37.3 Å². The molecule has 3 N–H and O–H groups in total. The van der Waals surface area contributed by atoms with Crippen molar-refractivity contribution in [1.82, 2.24) is 5.32 Å². The molecule has 5 rings (SSSR count). The zero-order chi connectivity index (χ0) is 40.5. The number of nitrogens with one attached hydrogen (secondary N) is 1. The van der Waals surface area contributed by atoms with Crippen LogP contribution in [0.1, 0.15) is 98.2 Å². The number of alkyl halides is 7. The molecule has 2 fully saturated rings. The average Bonchev–Trinajstić information content (AvgIpc) is 3.92. The minimum atomic E-state index is -6.31. The van der Waals surface area contributed by atoms with Crippen molar-refractivity contribution in [3.05, 3.63) is 81.6 Å². The Hall–Kier alpha value is -4.49. The molecule has 0 aromatic heterocycles. The molecule has 14 heteroatoms. The standard InChI is InChI=1S/C41H46F7N3O4/c1-5-24(16-23(3)37(49-4)39(42,40(43,44)45)41(46,47)48)10-12-27-19-32(34(21-50-27)30-8-6-7-9-35(30)53)36(54)29-15-11-25(29)18-31-22(2)17-28(52)20-33(31)38(55)51-26-13-14-26/h6-9,17,19-20,24-26,29,34,52-53H,4-5,10-16,18,21H2,1-3H3,(H,51,55). The number of carbonyl (C=O) groups excluding carboxylic acids is 2. The minimum absolute atomic E-state index is 0.0114. The molecule has 4 unspecified atom stereocenters. The number of allylic oxidation sites excluding steroid dienone is 3. The Balaban J connectivity index is 1.38. The molecule has 2 aliphatic carbocycles. The van der Waals surface area contributed by atoms with E-state index in [0.29, 0.717) is 41.7 Å². The lowest BCUT2D eigenvalue weighted by atomic mass is 9.65. The number of amides is 1. The zero-order valence-electron chi connectivity index (χ0n) is 31.0. The van der Waals surface area contributed by atoms with Gasteiger partial charge in [0.05, 0.1) is 12.2 Å². The van der Waals surface area contributed by atoms with Crippen LogP contribution in [0.3, 0.4) is 0 Å². The quantitative estimate of drug-likeness (QED) is 0.124. The molecule has 1 amide bonds. The number of phenolic OH excluding ortho intramolecular Hbond substituents is 2. The van der Waals surface area contributed by atoms with E-state index in [9.17, 15) is 50.5 Å². The Morgan fingerprint density at radius 2 is 1.69 bits per heavy atom. The summed E-state index contributed by atoms with van der Waals surface area (Å²) in [5.41, 5.74) is -4.71. The molecular weight excluding hydrogens is 731 g/mol. The number of aryl methyl sites for hydroxylation is 1. The Bertz CT molecular complexity index is 1880. The van der Waals surface area contributed by atoms with E-state index in [1.807, 2.05) is 6.92 Å². The number of benzene rings is 2. The number of dihydropyridines is 1. The molecular formula is C41H46F7N3O4. The van der Waals surface area contributed by atoms with Gasteiger partial charge in [0.15, 0.2) is 5.78 Å². The molecule has 1 heterocycles. The number of nitrogens with zero attached hydrogens (tertiary/aromatic N) is 2. The summed E-state index contributed by atoms with van der Waals surface area (Å²) in [6, 6.07) is 9.78. The van der Waals surface area contributed by atoms with Crippen LogP contribution in [0.2, 0.25) is 0 Å². The summed E-state index contributed by atoms with van der Waals surface area (Å²) in [5, 5.41) is 24.0. The molecule has 7 nitrogen and oxygen atoms in total. The number of ketones is 1. The van der Waals surface area contributed by atoms with E-state index < -0.39 is 47.0 Å². The summed E-state index contributed by atoms with van der Waals surface area (Å²) in [6.45, 7) is 7.46. The number of aliphatic imine (C=N–C) groups is 2. The molecule has 0 spiro atoms. The van der Waals surface area contributed by atoms with Crippen LogP contribution in [0.5, 0.6) is 11.5 Å². The van der Waals surface area contributed by atoms with Gasteiger partial charge in [-0.2, -0.15) is 26.3 Å². The molecule has 0 radical (unpaired) electrons. The first-order valence-electron chi connectivity index (χ1n) is 18.5. The second kappa shape index (κ2) is 16.3. The third kappa shape index (κ3) is 8.83. The van der Waals surface area contributed by atoms with Crippen LogP contribution in [0.4, 0.5) is 30.7 Å². The molecule has 0 saturated heterocycles. The fraction of sp³-hybridized carbons (Fsp3) is 0.512. The number of hydrogen-bond acceptors (Lipinski definition) is 6. The lowest BCUT2D eigenvalue weighted by Crippen LogP contribution is -2.54. The number of hydrogen-bond donors (Lipinski definition) is 3. The van der Waals surface area contributed by atoms with Gasteiger partial charge in [0, 0.05) is 40.3 Å². The lowest BCUT2D eigenvalue weighted by molar-refractivity contribution is -0.326. The Kier molecular flexibility index (Phi) is 12.4. The van der Waals surface area contributed by atoms with E-state index in [2.05, 4.69) is 22.0 Å². The van der Waals surface area contributed by atoms with Gasteiger partial charge in [-0.25, -0.2) is 4.39 Å². The van der Waals surface area contributed by atoms with Crippen molar-refractivity contribution in [2.75, 3.05) is 6.54 Å². The van der Waals surface area contributed by atoms with Crippen molar-refractivity contribution in [2.24, 2.45) is 27.7 Å². The van der Waals surface area contributed by atoms with Gasteiger partial charge in [0.25, 0.3) is 5.91 Å². The second-order valence-corrected chi connectivity index (χ2v) is 15.1. The largest absolute Gasteiger partial charge is 0.508 e. The summed E-state index contributed by atoms with van der Waals surface area (Å²) >= 11 is 0. The monoisotopic (exact) mass is 777 g/mol. The van der Waals surface area contributed by atoms with E-state index in [4.69, 9.17) is 0 Å². The highest BCUT2D eigenvalue weighted by atomic mass is 19.4. The molecule has 4 atom stereocenters. The maximum Gasteiger partial charge on any atom is 0.437 e. The number of para-hydroxylation sites is 1. The molecule has 2 aromatic rings. The Morgan fingerprint density at radius 1 is 1.02 bits per heavy atom. The highest BCUT2D eigenvalue weighted by Gasteiger charge is 2.75. The Labute approximate surface area is 315 Å². The zero-order valence-corrected chi connectivity index (χ0v) is 31.0. The van der Waals surface area contributed by atoms with Crippen LogP contribution < -0.4 is 5.32 Å². The van der Waals surface area contributed by atoms with Crippen LogP contribution in [-0.2, 0) is 11.2 Å². The van der Waals surface area contributed by atoms with Crippen molar-refractivity contribution in [3.8, 4) is 11.5 Å². The maximum absolute atomic E-state index is 14.9. The fourth-order valence-electron chi connectivity index (χ4n) is 7.77. The first-order valence-corrected chi connectivity index (χ1v) is 18.5. The van der Waals surface area contributed by atoms with Gasteiger partial charge in [-0.3, -0.25) is 19.6 Å². The molecule has 1 aliphatic heterocycles. The van der Waals surface area contributed by atoms with E-state index >= 15 is 0 Å². The number of rotatable bonds is 15. The van der Waals surface area contributed by atoms with Crippen molar-refractivity contribution in [1.29, 1.82) is 0 Å². The third-order valence-corrected chi connectivity index (χ3v) is 11.3. The molecule has 0 bridgehead atoms. The first-order chi connectivity index (χ1) is 25.8. The van der Waals surface area contributed by atoms with Crippen LogP contribution >= 0.6 is 0 Å². The lowest BCUT2D eigenvalue weighted by Gasteiger charge is -2.38. The van der Waals surface area contributed by atoms with Crippen LogP contribution in [-0.4, -0.2) is 64.9 Å². The summed E-state index contributed by atoms with van der Waals surface area (Å²) in [4.78, 5) is 35.2. The van der Waals surface area contributed by atoms with Gasteiger partial charge in [0.1, 0.15) is 11.5 Å². The van der Waals surface area contributed by atoms with Crippen molar-refractivity contribution < 1.29 is 50.5 Å². The summed E-state index contributed by atoms with van der Waals surface area (Å²) in [6.07, 6.45) is -6.90. The minimum Gasteiger partial charge on any atom is -0.508 e. The van der Waals surface area contributed by atoms with E-state index in [1.165, 1.54) is 12.1 Å². The van der Waals surface area contributed by atoms with Gasteiger partial charge >= 0.3 is 18.0 Å². The van der Waals surface area contributed by atoms with Gasteiger partial charge in [-0.1, -0.05) is 31.5 Å². The second-order valence-electron chi connectivity index (χ2n) is 15.1. The number of Topliss-reactive ketones (excluding diaryl/α,β-unsaturated/α-hetero) is 1. The average molecular weight is 778 g/mol. The number of aromatic hydroxyl groups is 2. The summed E-state index contributed by atoms with van der Waals surface area (Å²) in [5.74, 6) is -2.03. The Morgan fingerprint density at radius 3 is 2.25 bits per heavy atom. The van der Waals surface area contributed by atoms with Crippen molar-refractivity contribution in [3.63, 3.8) is 0 Å². The normalized spacial score (nSPS) is 21.5. The molecule has 2 saturated carbocycles. The van der Waals surface area contributed by atoms with E-state index in [-0.39, 0.29) is 61.0 Å². The highest BCUT2D eigenvalue weighted by molar-refractivity contribution is 6.08. The van der Waals surface area contributed by atoms with Crippen LogP contribution in [0.25, 0.3) is 0 Å².